The maximum Gasteiger partial charge on any atom is 0.329 e. The number of carbonyl (C=O) groups is 1. The molecule has 23 heavy (non-hydrogen) atoms. The topological polar surface area (TPSA) is 56.0 Å². The zero-order valence-corrected chi connectivity index (χ0v) is 13.2. The molecule has 0 saturated carbocycles. The van der Waals surface area contributed by atoms with Gasteiger partial charge in [-0.25, -0.2) is 4.79 Å². The fourth-order valence-electron chi connectivity index (χ4n) is 2.77. The van der Waals surface area contributed by atoms with Crippen LogP contribution < -0.4 is 11.0 Å². The Labute approximate surface area is 134 Å². The SMILES string of the molecule is C[C@@H](NC(=O)Cn1c(=O)n(C)c2ccccc21)c1ccccc1. The molecule has 0 aliphatic carbocycles. The Morgan fingerprint density at radius 1 is 1.04 bits per heavy atom. The zero-order valence-electron chi connectivity index (χ0n) is 13.2. The number of aryl methyl sites for hydroxylation is 1. The Bertz CT molecular complexity index is 894. The van der Waals surface area contributed by atoms with Crippen molar-refractivity contribution in [3.63, 3.8) is 0 Å². The first-order valence-corrected chi connectivity index (χ1v) is 7.56. The summed E-state index contributed by atoms with van der Waals surface area (Å²) < 4.78 is 3.06. The number of hydrogen-bond acceptors (Lipinski definition) is 2. The van der Waals surface area contributed by atoms with Gasteiger partial charge in [0.2, 0.25) is 5.91 Å². The molecule has 1 aromatic heterocycles. The number of carbonyl (C=O) groups excluding carboxylic acids is 1. The number of nitrogens with zero attached hydrogens (tertiary/aromatic N) is 2. The molecule has 1 atom stereocenters. The average Bonchev–Trinajstić information content (AvgIpc) is 2.81. The van der Waals surface area contributed by atoms with Crippen molar-refractivity contribution in [2.75, 3.05) is 0 Å². The van der Waals surface area contributed by atoms with Crippen molar-refractivity contribution in [1.29, 1.82) is 0 Å². The van der Waals surface area contributed by atoms with Crippen molar-refractivity contribution in [3.05, 3.63) is 70.6 Å². The van der Waals surface area contributed by atoms with Crippen LogP contribution in [0, 0.1) is 0 Å². The third kappa shape index (κ3) is 2.90. The van der Waals surface area contributed by atoms with Gasteiger partial charge in [0.15, 0.2) is 0 Å². The summed E-state index contributed by atoms with van der Waals surface area (Å²) in [6.07, 6.45) is 0. The van der Waals surface area contributed by atoms with E-state index in [4.69, 9.17) is 0 Å². The quantitative estimate of drug-likeness (QED) is 0.803. The highest BCUT2D eigenvalue weighted by Gasteiger charge is 2.15. The molecule has 2 aromatic carbocycles. The van der Waals surface area contributed by atoms with E-state index in [9.17, 15) is 9.59 Å². The summed E-state index contributed by atoms with van der Waals surface area (Å²) in [5.74, 6) is -0.181. The molecule has 0 unspecified atom stereocenters. The Balaban J connectivity index is 1.81. The normalized spacial score (nSPS) is 12.3. The van der Waals surface area contributed by atoms with E-state index in [1.54, 1.807) is 11.6 Å². The van der Waals surface area contributed by atoms with Gasteiger partial charge in [0.05, 0.1) is 17.1 Å². The number of hydrogen-bond donors (Lipinski definition) is 1. The van der Waals surface area contributed by atoms with E-state index in [0.29, 0.717) is 0 Å². The minimum Gasteiger partial charge on any atom is -0.348 e. The van der Waals surface area contributed by atoms with E-state index >= 15 is 0 Å². The minimum atomic E-state index is -0.186. The average molecular weight is 309 g/mol. The molecule has 1 heterocycles. The van der Waals surface area contributed by atoms with Gasteiger partial charge < -0.3 is 5.32 Å². The Kier molecular flexibility index (Phi) is 4.02. The number of nitrogens with one attached hydrogen (secondary N) is 1. The van der Waals surface area contributed by atoms with Crippen molar-refractivity contribution < 1.29 is 4.79 Å². The second kappa shape index (κ2) is 6.12. The van der Waals surface area contributed by atoms with Crippen LogP contribution in [0.1, 0.15) is 18.5 Å². The van der Waals surface area contributed by atoms with Gasteiger partial charge in [0.1, 0.15) is 6.54 Å². The molecule has 5 nitrogen and oxygen atoms in total. The van der Waals surface area contributed by atoms with Crippen molar-refractivity contribution >= 4 is 16.9 Å². The van der Waals surface area contributed by atoms with E-state index in [1.807, 2.05) is 61.5 Å². The van der Waals surface area contributed by atoms with Gasteiger partial charge in [-0.05, 0) is 24.6 Å². The van der Waals surface area contributed by atoms with Gasteiger partial charge in [-0.15, -0.1) is 0 Å². The van der Waals surface area contributed by atoms with Gasteiger partial charge in [-0.2, -0.15) is 0 Å². The van der Waals surface area contributed by atoms with E-state index in [1.165, 1.54) is 4.57 Å². The second-order valence-corrected chi connectivity index (χ2v) is 5.62. The lowest BCUT2D eigenvalue weighted by atomic mass is 10.1. The smallest absolute Gasteiger partial charge is 0.329 e. The molecule has 0 aliphatic heterocycles. The summed E-state index contributed by atoms with van der Waals surface area (Å²) >= 11 is 0. The maximum atomic E-state index is 12.3. The van der Waals surface area contributed by atoms with Gasteiger partial charge >= 0.3 is 5.69 Å². The van der Waals surface area contributed by atoms with Crippen LogP contribution in [0.25, 0.3) is 11.0 Å². The molecule has 1 N–H and O–H groups in total. The largest absolute Gasteiger partial charge is 0.348 e. The first-order chi connectivity index (χ1) is 11.1. The van der Waals surface area contributed by atoms with Gasteiger partial charge in [0, 0.05) is 7.05 Å². The van der Waals surface area contributed by atoms with E-state index in [2.05, 4.69) is 5.32 Å². The molecule has 0 saturated heterocycles. The second-order valence-electron chi connectivity index (χ2n) is 5.62. The molecule has 5 heteroatoms. The number of aromatic nitrogens is 2. The van der Waals surface area contributed by atoms with E-state index in [0.717, 1.165) is 16.6 Å². The van der Waals surface area contributed by atoms with Gasteiger partial charge in [-0.3, -0.25) is 13.9 Å². The van der Waals surface area contributed by atoms with Crippen LogP contribution in [0.2, 0.25) is 0 Å². The van der Waals surface area contributed by atoms with Crippen molar-refractivity contribution in [1.82, 2.24) is 14.5 Å². The highest BCUT2D eigenvalue weighted by Crippen LogP contribution is 2.13. The number of benzene rings is 2. The number of para-hydroxylation sites is 2. The number of rotatable bonds is 4. The summed E-state index contributed by atoms with van der Waals surface area (Å²) in [6.45, 7) is 1.94. The first-order valence-electron chi connectivity index (χ1n) is 7.56. The molecule has 1 amide bonds. The van der Waals surface area contributed by atoms with Crippen LogP contribution in [0.4, 0.5) is 0 Å². The summed E-state index contributed by atoms with van der Waals surface area (Å²) in [6, 6.07) is 17.1. The van der Waals surface area contributed by atoms with Crippen molar-refractivity contribution in [3.8, 4) is 0 Å². The molecular formula is C18H19N3O2. The van der Waals surface area contributed by atoms with Crippen molar-refractivity contribution in [2.24, 2.45) is 7.05 Å². The van der Waals surface area contributed by atoms with Crippen LogP contribution in [0.15, 0.2) is 59.4 Å². The van der Waals surface area contributed by atoms with Crippen LogP contribution in [0.5, 0.6) is 0 Å². The van der Waals surface area contributed by atoms with Crippen molar-refractivity contribution in [2.45, 2.75) is 19.5 Å². The third-order valence-electron chi connectivity index (χ3n) is 4.03. The third-order valence-corrected chi connectivity index (χ3v) is 4.03. The van der Waals surface area contributed by atoms with Gasteiger partial charge in [-0.1, -0.05) is 42.5 Å². The molecule has 3 rings (SSSR count). The Hall–Kier alpha value is -2.82. The zero-order chi connectivity index (χ0) is 16.4. The fraction of sp³-hybridized carbons (Fsp3) is 0.222. The molecule has 0 radical (unpaired) electrons. The standard InChI is InChI=1S/C18H19N3O2/c1-13(14-8-4-3-5-9-14)19-17(22)12-21-16-11-7-6-10-15(16)20(2)18(21)23/h3-11,13H,12H2,1-2H3,(H,19,22)/t13-/m1/s1. The Morgan fingerprint density at radius 2 is 1.65 bits per heavy atom. The number of fused-ring (bicyclic) bond motifs is 1. The lowest BCUT2D eigenvalue weighted by molar-refractivity contribution is -0.122. The van der Waals surface area contributed by atoms with E-state index in [-0.39, 0.29) is 24.2 Å². The van der Waals surface area contributed by atoms with Crippen LogP contribution in [0.3, 0.4) is 0 Å². The molecule has 0 fully saturated rings. The predicted octanol–water partition coefficient (Wildman–Crippen LogP) is 2.22. The molecule has 0 spiro atoms. The van der Waals surface area contributed by atoms with Gasteiger partial charge in [0.25, 0.3) is 0 Å². The molecule has 118 valence electrons. The monoisotopic (exact) mass is 309 g/mol. The minimum absolute atomic E-state index is 0.0113. The lowest BCUT2D eigenvalue weighted by Gasteiger charge is -2.14. The highest BCUT2D eigenvalue weighted by molar-refractivity contribution is 5.81. The maximum absolute atomic E-state index is 12.3. The van der Waals surface area contributed by atoms with Crippen LogP contribution in [-0.4, -0.2) is 15.0 Å². The van der Waals surface area contributed by atoms with Crippen LogP contribution >= 0.6 is 0 Å². The highest BCUT2D eigenvalue weighted by atomic mass is 16.2. The lowest BCUT2D eigenvalue weighted by Crippen LogP contribution is -2.34. The molecule has 3 aromatic rings. The summed E-state index contributed by atoms with van der Waals surface area (Å²) in [5.41, 5.74) is 2.43. The predicted molar refractivity (Wildman–Crippen MR) is 90.2 cm³/mol. The first kappa shape index (κ1) is 15.1. The number of imidazole rings is 1. The summed E-state index contributed by atoms with van der Waals surface area (Å²) in [7, 11) is 1.71. The number of amides is 1. The molecule has 0 bridgehead atoms. The Morgan fingerprint density at radius 3 is 2.35 bits per heavy atom. The molecular weight excluding hydrogens is 290 g/mol. The fourth-order valence-corrected chi connectivity index (χ4v) is 2.77. The van der Waals surface area contributed by atoms with Crippen LogP contribution in [-0.2, 0) is 18.4 Å². The van der Waals surface area contributed by atoms with E-state index < -0.39 is 0 Å². The summed E-state index contributed by atoms with van der Waals surface area (Å²) in [5, 5.41) is 2.94. The summed E-state index contributed by atoms with van der Waals surface area (Å²) in [4.78, 5) is 24.6. The molecule has 0 aliphatic rings.